The molecule has 1 aliphatic heterocycles. The van der Waals surface area contributed by atoms with Crippen molar-refractivity contribution in [1.82, 2.24) is 9.88 Å². The second kappa shape index (κ2) is 5.57. The Morgan fingerprint density at radius 1 is 1.42 bits per heavy atom. The van der Waals surface area contributed by atoms with Gasteiger partial charge in [-0.2, -0.15) is 0 Å². The van der Waals surface area contributed by atoms with E-state index in [9.17, 15) is 4.79 Å². The number of hydrogen-bond donors (Lipinski definition) is 2. The molecular formula is C14H22N4O. The Morgan fingerprint density at radius 3 is 2.95 bits per heavy atom. The first kappa shape index (κ1) is 13.8. The molecule has 19 heavy (non-hydrogen) atoms. The molecule has 0 radical (unpaired) electrons. The fourth-order valence-corrected chi connectivity index (χ4v) is 2.43. The van der Waals surface area contributed by atoms with Gasteiger partial charge in [0.05, 0.1) is 5.69 Å². The predicted molar refractivity (Wildman–Crippen MR) is 75.6 cm³/mol. The number of nitrogens with zero attached hydrogens (tertiary/aromatic N) is 2. The van der Waals surface area contributed by atoms with Gasteiger partial charge in [0.25, 0.3) is 5.91 Å². The number of hydrogen-bond acceptors (Lipinski definition) is 4. The molecule has 0 bridgehead atoms. The first-order valence-electron chi connectivity index (χ1n) is 6.74. The van der Waals surface area contributed by atoms with Gasteiger partial charge in [0.2, 0.25) is 0 Å². The van der Waals surface area contributed by atoms with Crippen LogP contribution in [0.15, 0.2) is 18.3 Å². The van der Waals surface area contributed by atoms with Gasteiger partial charge in [-0.15, -0.1) is 0 Å². The number of pyridine rings is 1. The van der Waals surface area contributed by atoms with E-state index in [1.54, 1.807) is 18.3 Å². The van der Waals surface area contributed by atoms with E-state index in [1.807, 2.05) is 4.90 Å². The van der Waals surface area contributed by atoms with Gasteiger partial charge in [-0.05, 0) is 36.8 Å². The van der Waals surface area contributed by atoms with Crippen LogP contribution < -0.4 is 11.3 Å². The Bertz CT molecular complexity index is 459. The molecule has 0 spiro atoms. The Kier molecular flexibility index (Phi) is 4.04. The zero-order valence-electron chi connectivity index (χ0n) is 11.6. The van der Waals surface area contributed by atoms with Gasteiger partial charge in [0, 0.05) is 19.3 Å². The van der Waals surface area contributed by atoms with E-state index < -0.39 is 0 Å². The fraction of sp³-hybridized carbons (Fsp3) is 0.571. The highest BCUT2D eigenvalue weighted by molar-refractivity contribution is 5.93. The molecule has 0 aromatic carbocycles. The first-order chi connectivity index (χ1) is 9.02. The number of rotatable bonds is 2. The maximum absolute atomic E-state index is 12.4. The number of aromatic nitrogens is 1. The van der Waals surface area contributed by atoms with Gasteiger partial charge in [-0.1, -0.05) is 13.8 Å². The van der Waals surface area contributed by atoms with Gasteiger partial charge in [-0.3, -0.25) is 15.6 Å². The van der Waals surface area contributed by atoms with E-state index >= 15 is 0 Å². The Morgan fingerprint density at radius 2 is 2.21 bits per heavy atom. The van der Waals surface area contributed by atoms with Gasteiger partial charge >= 0.3 is 0 Å². The van der Waals surface area contributed by atoms with Crippen LogP contribution in [0.2, 0.25) is 0 Å². The molecule has 0 saturated carbocycles. The van der Waals surface area contributed by atoms with Crippen molar-refractivity contribution in [3.8, 4) is 0 Å². The van der Waals surface area contributed by atoms with Crippen LogP contribution in [-0.2, 0) is 0 Å². The summed E-state index contributed by atoms with van der Waals surface area (Å²) in [7, 11) is 0. The van der Waals surface area contributed by atoms with Crippen LogP contribution in [0.25, 0.3) is 0 Å². The van der Waals surface area contributed by atoms with Crippen molar-refractivity contribution in [2.75, 3.05) is 18.5 Å². The summed E-state index contributed by atoms with van der Waals surface area (Å²) in [5.41, 5.74) is 4.02. The van der Waals surface area contributed by atoms with E-state index in [1.165, 1.54) is 0 Å². The van der Waals surface area contributed by atoms with Crippen molar-refractivity contribution in [3.63, 3.8) is 0 Å². The largest absolute Gasteiger partial charge is 0.337 e. The molecule has 1 aromatic rings. The highest BCUT2D eigenvalue weighted by Gasteiger charge is 2.26. The third-order valence-electron chi connectivity index (χ3n) is 3.77. The molecule has 5 nitrogen and oxygen atoms in total. The van der Waals surface area contributed by atoms with Crippen molar-refractivity contribution >= 4 is 11.6 Å². The van der Waals surface area contributed by atoms with Crippen molar-refractivity contribution in [2.24, 2.45) is 11.3 Å². The summed E-state index contributed by atoms with van der Waals surface area (Å²) >= 11 is 0. The van der Waals surface area contributed by atoms with E-state index in [0.717, 1.165) is 32.4 Å². The molecular weight excluding hydrogens is 240 g/mol. The normalized spacial score (nSPS) is 18.8. The van der Waals surface area contributed by atoms with Gasteiger partial charge in [0.1, 0.15) is 5.69 Å². The highest BCUT2D eigenvalue weighted by atomic mass is 16.2. The molecule has 3 N–H and O–H groups in total. The molecule has 2 rings (SSSR count). The lowest BCUT2D eigenvalue weighted by Gasteiger charge is -2.23. The van der Waals surface area contributed by atoms with Crippen LogP contribution in [0.5, 0.6) is 0 Å². The number of nitrogen functional groups attached to an aromatic ring is 1. The Labute approximate surface area is 114 Å². The molecule has 104 valence electrons. The van der Waals surface area contributed by atoms with Crippen LogP contribution >= 0.6 is 0 Å². The monoisotopic (exact) mass is 262 g/mol. The summed E-state index contributed by atoms with van der Waals surface area (Å²) in [6, 6.07) is 3.43. The topological polar surface area (TPSA) is 71.2 Å². The third kappa shape index (κ3) is 3.44. The molecule has 5 heteroatoms. The first-order valence-corrected chi connectivity index (χ1v) is 6.74. The third-order valence-corrected chi connectivity index (χ3v) is 3.77. The zero-order chi connectivity index (χ0) is 13.9. The van der Waals surface area contributed by atoms with Crippen LogP contribution in [0, 0.1) is 5.41 Å². The zero-order valence-corrected chi connectivity index (χ0v) is 11.6. The summed E-state index contributed by atoms with van der Waals surface area (Å²) in [6.45, 7) is 6.13. The molecule has 1 amide bonds. The molecule has 1 aromatic heterocycles. The van der Waals surface area contributed by atoms with E-state index in [0.29, 0.717) is 16.8 Å². The Balaban J connectivity index is 2.10. The minimum atomic E-state index is -0.00481. The van der Waals surface area contributed by atoms with Crippen molar-refractivity contribution in [2.45, 2.75) is 33.1 Å². The van der Waals surface area contributed by atoms with Crippen molar-refractivity contribution in [1.29, 1.82) is 0 Å². The van der Waals surface area contributed by atoms with Crippen molar-refractivity contribution < 1.29 is 4.79 Å². The maximum atomic E-state index is 12.4. The summed E-state index contributed by atoms with van der Waals surface area (Å²) in [4.78, 5) is 18.5. The lowest BCUT2D eigenvalue weighted by Crippen LogP contribution is -2.33. The van der Waals surface area contributed by atoms with Crippen molar-refractivity contribution in [3.05, 3.63) is 24.0 Å². The summed E-state index contributed by atoms with van der Waals surface area (Å²) in [5, 5.41) is 0. The number of anilines is 1. The maximum Gasteiger partial charge on any atom is 0.272 e. The number of carbonyl (C=O) groups is 1. The molecule has 1 saturated heterocycles. The van der Waals surface area contributed by atoms with E-state index in [4.69, 9.17) is 5.84 Å². The molecule has 0 atom stereocenters. The Hall–Kier alpha value is -1.62. The number of nitrogens with two attached hydrogens (primary N) is 1. The van der Waals surface area contributed by atoms with E-state index in [-0.39, 0.29) is 5.91 Å². The quantitative estimate of drug-likeness (QED) is 0.632. The molecule has 0 unspecified atom stereocenters. The SMILES string of the molecule is CC1(C)CCCN(C(=O)c2cc(NN)ccn2)CC1. The number of nitrogens with one attached hydrogen (secondary N) is 1. The molecule has 2 heterocycles. The predicted octanol–water partition coefficient (Wildman–Crippen LogP) is 2.02. The summed E-state index contributed by atoms with van der Waals surface area (Å²) in [6.07, 6.45) is 4.85. The average molecular weight is 262 g/mol. The second-order valence-corrected chi connectivity index (χ2v) is 5.88. The fourth-order valence-electron chi connectivity index (χ4n) is 2.43. The van der Waals surface area contributed by atoms with Gasteiger partial charge in [-0.25, -0.2) is 0 Å². The van der Waals surface area contributed by atoms with E-state index in [2.05, 4.69) is 24.3 Å². The minimum absolute atomic E-state index is 0.00481. The number of hydrazine groups is 1. The van der Waals surface area contributed by atoms with Crippen LogP contribution in [0.3, 0.4) is 0 Å². The van der Waals surface area contributed by atoms with Gasteiger partial charge in [0.15, 0.2) is 0 Å². The average Bonchev–Trinajstić information content (AvgIpc) is 2.59. The minimum Gasteiger partial charge on any atom is -0.337 e. The molecule has 0 aliphatic carbocycles. The van der Waals surface area contributed by atoms with Crippen LogP contribution in [-0.4, -0.2) is 28.9 Å². The number of amides is 1. The summed E-state index contributed by atoms with van der Waals surface area (Å²) in [5.74, 6) is 5.35. The highest BCUT2D eigenvalue weighted by Crippen LogP contribution is 2.30. The standard InChI is InChI=1S/C14H22N4O/c1-14(2)5-3-8-18(9-6-14)13(19)12-10-11(17-15)4-7-16-12/h4,7,10H,3,5-6,8-9,15H2,1-2H3,(H,16,17). The summed E-state index contributed by atoms with van der Waals surface area (Å²) < 4.78 is 0. The smallest absolute Gasteiger partial charge is 0.272 e. The number of likely N-dealkylation sites (tertiary alicyclic amines) is 1. The second-order valence-electron chi connectivity index (χ2n) is 5.88. The molecule has 1 fully saturated rings. The lowest BCUT2D eigenvalue weighted by molar-refractivity contribution is 0.0751. The number of carbonyl (C=O) groups excluding carboxylic acids is 1. The molecule has 1 aliphatic rings. The van der Waals surface area contributed by atoms with Crippen LogP contribution in [0.1, 0.15) is 43.6 Å². The van der Waals surface area contributed by atoms with Crippen LogP contribution in [0.4, 0.5) is 5.69 Å². The lowest BCUT2D eigenvalue weighted by atomic mass is 9.85. The van der Waals surface area contributed by atoms with Gasteiger partial charge < -0.3 is 10.3 Å².